The summed E-state index contributed by atoms with van der Waals surface area (Å²) < 4.78 is 0. The van der Waals surface area contributed by atoms with Crippen molar-refractivity contribution in [3.63, 3.8) is 0 Å². The van der Waals surface area contributed by atoms with E-state index in [1.165, 1.54) is 87.6 Å². The summed E-state index contributed by atoms with van der Waals surface area (Å²) in [4.78, 5) is 0. The van der Waals surface area contributed by atoms with E-state index < -0.39 is 0 Å². The molecule has 0 aliphatic carbocycles. The van der Waals surface area contributed by atoms with E-state index in [4.69, 9.17) is 0 Å². The molecule has 0 unspecified atom stereocenters. The molecule has 0 aliphatic rings. The van der Waals surface area contributed by atoms with Crippen LogP contribution in [-0.2, 0) is 0 Å². The lowest BCUT2D eigenvalue weighted by molar-refractivity contribution is 1.62. The maximum absolute atomic E-state index is 2.30. The molecule has 9 rings (SSSR count). The van der Waals surface area contributed by atoms with Crippen LogP contribution in [0.3, 0.4) is 0 Å². The highest BCUT2D eigenvalue weighted by atomic mass is 14.2. The fraction of sp³-hybridized carbons (Fsp3) is 0. The molecule has 0 spiro atoms. The number of fused-ring (bicyclic) bond motifs is 4. The van der Waals surface area contributed by atoms with Crippen LogP contribution in [0.5, 0.6) is 0 Å². The third-order valence-corrected chi connectivity index (χ3v) is 9.48. The standard InChI is InChI=1S/C46H30/c1-2-14-33(15-3-1)45-41-20-8-10-22-43(41)46(44-23-11-9-21-42(44)45)34-27-25-32(26-28-34)36-29-30-40(39-19-7-6-18-37(36)39)38-24-12-16-31-13-4-5-17-35(31)38/h1-30H. The zero-order chi connectivity index (χ0) is 30.5. The third-order valence-electron chi connectivity index (χ3n) is 9.48. The Labute approximate surface area is 268 Å². The van der Waals surface area contributed by atoms with Crippen molar-refractivity contribution in [1.82, 2.24) is 0 Å². The Kier molecular flexibility index (Phi) is 6.25. The fourth-order valence-corrected chi connectivity index (χ4v) is 7.42. The van der Waals surface area contributed by atoms with Gasteiger partial charge in [-0.3, -0.25) is 0 Å². The van der Waals surface area contributed by atoms with Gasteiger partial charge in [0, 0.05) is 0 Å². The van der Waals surface area contributed by atoms with Crippen LogP contribution in [-0.4, -0.2) is 0 Å². The average molecular weight is 583 g/mol. The van der Waals surface area contributed by atoms with Gasteiger partial charge in [0.15, 0.2) is 0 Å². The van der Waals surface area contributed by atoms with Crippen LogP contribution in [0.25, 0.3) is 87.6 Å². The first kappa shape index (κ1) is 26.4. The lowest BCUT2D eigenvalue weighted by Gasteiger charge is -2.18. The molecule has 0 heteroatoms. The highest BCUT2D eigenvalue weighted by Gasteiger charge is 2.17. The van der Waals surface area contributed by atoms with Gasteiger partial charge in [0.25, 0.3) is 0 Å². The van der Waals surface area contributed by atoms with E-state index in [1.54, 1.807) is 0 Å². The van der Waals surface area contributed by atoms with Gasteiger partial charge in [-0.25, -0.2) is 0 Å². The van der Waals surface area contributed by atoms with Crippen molar-refractivity contribution in [3.8, 4) is 44.5 Å². The zero-order valence-corrected chi connectivity index (χ0v) is 25.3. The van der Waals surface area contributed by atoms with Gasteiger partial charge < -0.3 is 0 Å². The molecule has 0 fully saturated rings. The minimum Gasteiger partial charge on any atom is -0.0622 e. The maximum Gasteiger partial charge on any atom is -0.00264 e. The Morgan fingerprint density at radius 1 is 0.196 bits per heavy atom. The Bertz CT molecular complexity index is 2490. The maximum atomic E-state index is 2.30. The third kappa shape index (κ3) is 4.23. The summed E-state index contributed by atoms with van der Waals surface area (Å²) in [5, 5.41) is 10.2. The second-order valence-corrected chi connectivity index (χ2v) is 12.0. The first-order chi connectivity index (χ1) is 22.8. The Balaban J connectivity index is 1.21. The lowest BCUT2D eigenvalue weighted by Crippen LogP contribution is -1.91. The van der Waals surface area contributed by atoms with Crippen molar-refractivity contribution in [2.24, 2.45) is 0 Å². The van der Waals surface area contributed by atoms with Gasteiger partial charge in [0.05, 0.1) is 0 Å². The summed E-state index contributed by atoms with van der Waals surface area (Å²) in [6, 6.07) is 66.4. The summed E-state index contributed by atoms with van der Waals surface area (Å²) in [5.41, 5.74) is 10.1. The van der Waals surface area contributed by atoms with Crippen molar-refractivity contribution in [1.29, 1.82) is 0 Å². The molecular formula is C46H30. The van der Waals surface area contributed by atoms with E-state index in [0.29, 0.717) is 0 Å². The van der Waals surface area contributed by atoms with Crippen LogP contribution in [0.2, 0.25) is 0 Å². The highest BCUT2D eigenvalue weighted by molar-refractivity contribution is 6.21. The minimum atomic E-state index is 1.22. The Morgan fingerprint density at radius 3 is 1.20 bits per heavy atom. The zero-order valence-electron chi connectivity index (χ0n) is 25.3. The van der Waals surface area contributed by atoms with Crippen molar-refractivity contribution >= 4 is 43.1 Å². The Hall–Kier alpha value is -5.98. The molecule has 0 atom stereocenters. The minimum absolute atomic E-state index is 1.22. The monoisotopic (exact) mass is 582 g/mol. The number of hydrogen-bond acceptors (Lipinski definition) is 0. The Morgan fingerprint density at radius 2 is 0.587 bits per heavy atom. The molecule has 0 saturated heterocycles. The molecule has 214 valence electrons. The summed E-state index contributed by atoms with van der Waals surface area (Å²) in [6.07, 6.45) is 0. The van der Waals surface area contributed by atoms with Crippen LogP contribution in [0.15, 0.2) is 182 Å². The van der Waals surface area contributed by atoms with Crippen molar-refractivity contribution < 1.29 is 0 Å². The number of hydrogen-bond donors (Lipinski definition) is 0. The molecule has 0 bridgehead atoms. The molecular weight excluding hydrogens is 553 g/mol. The van der Waals surface area contributed by atoms with Gasteiger partial charge in [0.2, 0.25) is 0 Å². The fourth-order valence-electron chi connectivity index (χ4n) is 7.42. The van der Waals surface area contributed by atoms with E-state index >= 15 is 0 Å². The molecule has 0 aliphatic heterocycles. The number of rotatable bonds is 4. The van der Waals surface area contributed by atoms with Gasteiger partial charge in [-0.1, -0.05) is 182 Å². The molecule has 46 heavy (non-hydrogen) atoms. The topological polar surface area (TPSA) is 0 Å². The lowest BCUT2D eigenvalue weighted by atomic mass is 9.85. The molecule has 0 nitrogen and oxygen atoms in total. The van der Waals surface area contributed by atoms with E-state index in [2.05, 4.69) is 182 Å². The van der Waals surface area contributed by atoms with Gasteiger partial charge >= 0.3 is 0 Å². The van der Waals surface area contributed by atoms with Crippen LogP contribution in [0.4, 0.5) is 0 Å². The molecule has 0 N–H and O–H groups in total. The molecule has 0 radical (unpaired) electrons. The van der Waals surface area contributed by atoms with Crippen molar-refractivity contribution in [2.45, 2.75) is 0 Å². The van der Waals surface area contributed by atoms with Gasteiger partial charge in [0.1, 0.15) is 0 Å². The van der Waals surface area contributed by atoms with Crippen molar-refractivity contribution in [3.05, 3.63) is 182 Å². The summed E-state index contributed by atoms with van der Waals surface area (Å²) in [7, 11) is 0. The van der Waals surface area contributed by atoms with E-state index in [-0.39, 0.29) is 0 Å². The average Bonchev–Trinajstić information content (AvgIpc) is 3.13. The van der Waals surface area contributed by atoms with Crippen molar-refractivity contribution in [2.75, 3.05) is 0 Å². The number of benzene rings is 9. The van der Waals surface area contributed by atoms with Gasteiger partial charge in [-0.2, -0.15) is 0 Å². The molecule has 0 amide bonds. The predicted molar refractivity (Wildman–Crippen MR) is 198 cm³/mol. The highest BCUT2D eigenvalue weighted by Crippen LogP contribution is 2.44. The smallest absolute Gasteiger partial charge is 0.00264 e. The second-order valence-electron chi connectivity index (χ2n) is 12.0. The summed E-state index contributed by atoms with van der Waals surface area (Å²) in [6.45, 7) is 0. The largest absolute Gasteiger partial charge is 0.0622 e. The molecule has 0 aromatic heterocycles. The molecule has 9 aromatic carbocycles. The predicted octanol–water partition coefficient (Wildman–Crippen LogP) is 13.0. The van der Waals surface area contributed by atoms with Crippen LogP contribution in [0, 0.1) is 0 Å². The summed E-state index contributed by atoms with van der Waals surface area (Å²) in [5.74, 6) is 0. The molecule has 0 saturated carbocycles. The first-order valence-electron chi connectivity index (χ1n) is 15.9. The normalized spacial score (nSPS) is 11.5. The van der Waals surface area contributed by atoms with Crippen LogP contribution in [0.1, 0.15) is 0 Å². The molecule has 0 heterocycles. The van der Waals surface area contributed by atoms with E-state index in [9.17, 15) is 0 Å². The van der Waals surface area contributed by atoms with Crippen LogP contribution >= 0.6 is 0 Å². The molecule has 9 aromatic rings. The SMILES string of the molecule is c1ccc(-c2c3ccccc3c(-c3ccc(-c4ccc(-c5cccc6ccccc56)c5ccccc45)cc3)c3ccccc23)cc1. The van der Waals surface area contributed by atoms with E-state index in [0.717, 1.165) is 0 Å². The van der Waals surface area contributed by atoms with Gasteiger partial charge in [-0.15, -0.1) is 0 Å². The summed E-state index contributed by atoms with van der Waals surface area (Å²) >= 11 is 0. The van der Waals surface area contributed by atoms with Gasteiger partial charge in [-0.05, 0) is 87.6 Å². The quantitative estimate of drug-likeness (QED) is 0.181. The second kappa shape index (κ2) is 10.9. The van der Waals surface area contributed by atoms with E-state index in [1.807, 2.05) is 0 Å². The van der Waals surface area contributed by atoms with Crippen LogP contribution < -0.4 is 0 Å². The first-order valence-corrected chi connectivity index (χ1v) is 15.9.